The highest BCUT2D eigenvalue weighted by atomic mass is 16.2. The molecule has 1 fully saturated rings. The van der Waals surface area contributed by atoms with Gasteiger partial charge < -0.3 is 10.2 Å². The van der Waals surface area contributed by atoms with E-state index in [0.717, 1.165) is 54.1 Å². The van der Waals surface area contributed by atoms with Crippen LogP contribution in [-0.4, -0.2) is 65.2 Å². The van der Waals surface area contributed by atoms with Gasteiger partial charge in [0.05, 0.1) is 23.1 Å². The van der Waals surface area contributed by atoms with Crippen LogP contribution in [0.4, 0.5) is 11.6 Å². The topological polar surface area (TPSA) is 116 Å². The maximum atomic E-state index is 13.0. The molecule has 0 spiro atoms. The largest absolute Gasteiger partial charge is 0.337 e. The lowest BCUT2D eigenvalue weighted by atomic mass is 10.2. The van der Waals surface area contributed by atoms with E-state index in [9.17, 15) is 4.79 Å². The third-order valence-corrected chi connectivity index (χ3v) is 6.35. The molecule has 5 heterocycles. The number of anilines is 2. The number of fused-ring (bicyclic) bond motifs is 2. The van der Waals surface area contributed by atoms with Crippen molar-refractivity contribution in [1.82, 2.24) is 40.2 Å². The monoisotopic (exact) mass is 441 g/mol. The molecule has 1 aromatic carbocycles. The molecule has 10 nitrogen and oxygen atoms in total. The highest BCUT2D eigenvalue weighted by Gasteiger charge is 2.34. The molecule has 0 radical (unpaired) electrons. The number of nitrogens with one attached hydrogen (secondary N) is 2. The minimum atomic E-state index is 0.0390. The van der Waals surface area contributed by atoms with Crippen molar-refractivity contribution >= 4 is 28.6 Å². The summed E-state index contributed by atoms with van der Waals surface area (Å²) >= 11 is 0. The number of carbonyl (C=O) groups is 1. The van der Waals surface area contributed by atoms with Crippen LogP contribution in [-0.2, 0) is 13.1 Å². The third kappa shape index (κ3) is 3.78. The molecule has 2 aliphatic heterocycles. The first kappa shape index (κ1) is 19.7. The van der Waals surface area contributed by atoms with Gasteiger partial charge in [-0.3, -0.25) is 19.8 Å². The number of hydrogen-bond acceptors (Lipinski definition) is 8. The van der Waals surface area contributed by atoms with Crippen molar-refractivity contribution < 1.29 is 4.79 Å². The summed E-state index contributed by atoms with van der Waals surface area (Å²) in [5.41, 5.74) is 6.31. The quantitative estimate of drug-likeness (QED) is 0.496. The van der Waals surface area contributed by atoms with Crippen LogP contribution < -0.4 is 5.32 Å². The normalized spacial score (nSPS) is 18.1. The Hall–Kier alpha value is -3.92. The third-order valence-electron chi connectivity index (χ3n) is 6.35. The van der Waals surface area contributed by atoms with Crippen molar-refractivity contribution in [2.24, 2.45) is 0 Å². The summed E-state index contributed by atoms with van der Waals surface area (Å²) in [4.78, 5) is 30.8. The van der Waals surface area contributed by atoms with Crippen molar-refractivity contribution in [2.45, 2.75) is 32.5 Å². The Labute approximate surface area is 190 Å². The number of pyridine rings is 1. The number of rotatable bonds is 4. The van der Waals surface area contributed by atoms with E-state index in [1.54, 1.807) is 12.3 Å². The maximum Gasteiger partial charge on any atom is 0.253 e. The molecule has 10 heteroatoms. The standard InChI is InChI=1S/C23H23N9O/c1-14-6-17(10-24-8-14)26-23-25-9-16-11-32(13-21(16)27-23)18-4-5-31(12-18)22(33)15-2-3-19-20(7-15)29-30-28-19/h2-3,6-10,18H,4-5,11-13H2,1H3,(H,25,26,27)(H,28,29,30). The first-order valence-corrected chi connectivity index (χ1v) is 11.0. The number of H-pyrrole nitrogens is 1. The summed E-state index contributed by atoms with van der Waals surface area (Å²) in [6.07, 6.45) is 6.42. The maximum absolute atomic E-state index is 13.0. The van der Waals surface area contributed by atoms with E-state index in [0.29, 0.717) is 29.6 Å². The summed E-state index contributed by atoms with van der Waals surface area (Å²) < 4.78 is 0. The number of benzene rings is 1. The number of hydrogen-bond donors (Lipinski definition) is 2. The summed E-state index contributed by atoms with van der Waals surface area (Å²) in [6.45, 7) is 5.01. The van der Waals surface area contributed by atoms with Gasteiger partial charge in [-0.2, -0.15) is 0 Å². The van der Waals surface area contributed by atoms with Crippen LogP contribution >= 0.6 is 0 Å². The highest BCUT2D eigenvalue weighted by molar-refractivity contribution is 5.97. The SMILES string of the molecule is Cc1cncc(Nc2ncc3c(n2)CN(C2CCN(C(=O)c4ccc5[nH]nnc5c4)C2)C3)c1. The van der Waals surface area contributed by atoms with E-state index >= 15 is 0 Å². The molecule has 1 unspecified atom stereocenters. The molecular weight excluding hydrogens is 418 g/mol. The van der Waals surface area contributed by atoms with Gasteiger partial charge in [-0.25, -0.2) is 9.97 Å². The van der Waals surface area contributed by atoms with E-state index in [1.165, 1.54) is 0 Å². The molecule has 1 atom stereocenters. The van der Waals surface area contributed by atoms with Gasteiger partial charge in [-0.15, -0.1) is 5.10 Å². The van der Waals surface area contributed by atoms with Gasteiger partial charge in [-0.05, 0) is 43.2 Å². The molecule has 2 N–H and O–H groups in total. The highest BCUT2D eigenvalue weighted by Crippen LogP contribution is 2.28. The van der Waals surface area contributed by atoms with E-state index in [-0.39, 0.29) is 5.91 Å². The van der Waals surface area contributed by atoms with Crippen molar-refractivity contribution in [3.05, 3.63) is 65.2 Å². The van der Waals surface area contributed by atoms with Crippen LogP contribution in [0.3, 0.4) is 0 Å². The van der Waals surface area contributed by atoms with E-state index in [1.807, 2.05) is 42.4 Å². The fourth-order valence-electron chi connectivity index (χ4n) is 4.63. The molecule has 166 valence electrons. The Morgan fingerprint density at radius 2 is 2.12 bits per heavy atom. The Bertz CT molecular complexity index is 1350. The smallest absolute Gasteiger partial charge is 0.253 e. The predicted octanol–water partition coefficient (Wildman–Crippen LogP) is 2.43. The molecule has 6 rings (SSSR count). The van der Waals surface area contributed by atoms with Crippen molar-refractivity contribution in [1.29, 1.82) is 0 Å². The van der Waals surface area contributed by atoms with Crippen molar-refractivity contribution in [3.63, 3.8) is 0 Å². The number of aryl methyl sites for hydroxylation is 1. The van der Waals surface area contributed by atoms with Crippen LogP contribution in [0, 0.1) is 6.92 Å². The molecule has 0 bridgehead atoms. The van der Waals surface area contributed by atoms with Gasteiger partial charge in [0.1, 0.15) is 5.52 Å². The van der Waals surface area contributed by atoms with Gasteiger partial charge in [0.2, 0.25) is 5.95 Å². The lowest BCUT2D eigenvalue weighted by Gasteiger charge is -2.23. The van der Waals surface area contributed by atoms with Gasteiger partial charge in [0.15, 0.2) is 0 Å². The van der Waals surface area contributed by atoms with Gasteiger partial charge in [-0.1, -0.05) is 5.21 Å². The van der Waals surface area contributed by atoms with Crippen LogP contribution in [0.15, 0.2) is 42.9 Å². The molecular formula is C23H23N9O. The minimum Gasteiger partial charge on any atom is -0.337 e. The van der Waals surface area contributed by atoms with Crippen molar-refractivity contribution in [2.75, 3.05) is 18.4 Å². The second-order valence-electron chi connectivity index (χ2n) is 8.68. The average Bonchev–Trinajstić information content (AvgIpc) is 3.56. The van der Waals surface area contributed by atoms with Crippen molar-refractivity contribution in [3.8, 4) is 0 Å². The average molecular weight is 441 g/mol. The Balaban J connectivity index is 1.12. The Morgan fingerprint density at radius 1 is 1.18 bits per heavy atom. The summed E-state index contributed by atoms with van der Waals surface area (Å²) in [5, 5.41) is 13.9. The first-order valence-electron chi connectivity index (χ1n) is 11.0. The van der Waals surface area contributed by atoms with E-state index in [2.05, 4.69) is 35.6 Å². The van der Waals surface area contributed by atoms with Crippen LogP contribution in [0.5, 0.6) is 0 Å². The molecule has 4 aromatic rings. The molecule has 2 aliphatic rings. The zero-order chi connectivity index (χ0) is 22.4. The lowest BCUT2D eigenvalue weighted by molar-refractivity contribution is 0.0776. The second kappa shape index (κ2) is 7.89. The zero-order valence-corrected chi connectivity index (χ0v) is 18.2. The van der Waals surface area contributed by atoms with Crippen LogP contribution in [0.2, 0.25) is 0 Å². The van der Waals surface area contributed by atoms with Crippen LogP contribution in [0.1, 0.15) is 33.6 Å². The Morgan fingerprint density at radius 3 is 3.03 bits per heavy atom. The fraction of sp³-hybridized carbons (Fsp3) is 0.304. The van der Waals surface area contributed by atoms with Gasteiger partial charge in [0, 0.05) is 55.7 Å². The molecule has 1 saturated heterocycles. The zero-order valence-electron chi connectivity index (χ0n) is 18.2. The van der Waals surface area contributed by atoms with Crippen LogP contribution in [0.25, 0.3) is 11.0 Å². The number of aromatic nitrogens is 6. The summed E-state index contributed by atoms with van der Waals surface area (Å²) in [6, 6.07) is 7.80. The summed E-state index contributed by atoms with van der Waals surface area (Å²) in [7, 11) is 0. The number of nitrogens with zero attached hydrogens (tertiary/aromatic N) is 7. The number of aromatic amines is 1. The predicted molar refractivity (Wildman–Crippen MR) is 122 cm³/mol. The fourth-order valence-corrected chi connectivity index (χ4v) is 4.63. The number of carbonyl (C=O) groups excluding carboxylic acids is 1. The lowest BCUT2D eigenvalue weighted by Crippen LogP contribution is -2.36. The second-order valence-corrected chi connectivity index (χ2v) is 8.68. The van der Waals surface area contributed by atoms with E-state index in [4.69, 9.17) is 4.98 Å². The number of amides is 1. The molecule has 0 saturated carbocycles. The van der Waals surface area contributed by atoms with E-state index < -0.39 is 0 Å². The molecule has 3 aromatic heterocycles. The summed E-state index contributed by atoms with van der Waals surface area (Å²) in [5.74, 6) is 0.617. The first-order chi connectivity index (χ1) is 16.1. The molecule has 0 aliphatic carbocycles. The number of likely N-dealkylation sites (tertiary alicyclic amines) is 1. The minimum absolute atomic E-state index is 0.0390. The van der Waals surface area contributed by atoms with Gasteiger partial charge in [0.25, 0.3) is 5.91 Å². The molecule has 33 heavy (non-hydrogen) atoms. The Kier molecular flexibility index (Phi) is 4.72. The van der Waals surface area contributed by atoms with Gasteiger partial charge >= 0.3 is 0 Å². The molecule has 1 amide bonds.